The summed E-state index contributed by atoms with van der Waals surface area (Å²) in [6, 6.07) is 13.9. The highest BCUT2D eigenvalue weighted by molar-refractivity contribution is 7.89. The molecule has 8 nitrogen and oxygen atoms in total. The Labute approximate surface area is 225 Å². The molecule has 0 radical (unpaired) electrons. The second-order valence-corrected chi connectivity index (χ2v) is 12.1. The molecule has 0 aliphatic carbocycles. The summed E-state index contributed by atoms with van der Waals surface area (Å²) >= 11 is 0. The molecule has 2 aromatic carbocycles. The van der Waals surface area contributed by atoms with Gasteiger partial charge in [-0.3, -0.25) is 0 Å². The van der Waals surface area contributed by atoms with Gasteiger partial charge < -0.3 is 4.90 Å². The highest BCUT2D eigenvalue weighted by Gasteiger charge is 2.31. The van der Waals surface area contributed by atoms with E-state index in [1.54, 1.807) is 4.31 Å². The van der Waals surface area contributed by atoms with Crippen molar-refractivity contribution in [2.24, 2.45) is 0 Å². The first-order valence-corrected chi connectivity index (χ1v) is 14.8. The molecule has 1 aliphatic heterocycles. The minimum absolute atomic E-state index is 0.398. The fraction of sp³-hybridized carbons (Fsp3) is 0.414. The van der Waals surface area contributed by atoms with Gasteiger partial charge in [0.25, 0.3) is 0 Å². The Hall–Kier alpha value is -3.30. The van der Waals surface area contributed by atoms with Crippen LogP contribution in [0, 0.1) is 27.7 Å². The van der Waals surface area contributed by atoms with Crippen molar-refractivity contribution in [2.75, 3.05) is 31.1 Å². The van der Waals surface area contributed by atoms with E-state index in [-0.39, 0.29) is 0 Å². The van der Waals surface area contributed by atoms with E-state index in [4.69, 9.17) is 15.1 Å². The Kier molecular flexibility index (Phi) is 7.24. The van der Waals surface area contributed by atoms with Crippen molar-refractivity contribution < 1.29 is 8.42 Å². The SMILES string of the molecule is CCCc1nc(N2CCCN(S(=O)(=O)c3c(C)cc(C)cc3C)CC2)c2c(C)nn(-c3ccccc3)c2n1. The molecule has 200 valence electrons. The fourth-order valence-electron chi connectivity index (χ4n) is 5.57. The highest BCUT2D eigenvalue weighted by atomic mass is 32.2. The summed E-state index contributed by atoms with van der Waals surface area (Å²) in [5.41, 5.74) is 5.28. The van der Waals surface area contributed by atoms with E-state index in [2.05, 4.69) is 11.8 Å². The van der Waals surface area contributed by atoms with E-state index in [9.17, 15) is 8.42 Å². The van der Waals surface area contributed by atoms with Crippen LogP contribution in [0.1, 0.15) is 48.0 Å². The highest BCUT2D eigenvalue weighted by Crippen LogP contribution is 2.31. The second kappa shape index (κ2) is 10.5. The summed E-state index contributed by atoms with van der Waals surface area (Å²) in [5.74, 6) is 1.63. The van der Waals surface area contributed by atoms with Crippen LogP contribution < -0.4 is 4.90 Å². The largest absolute Gasteiger partial charge is 0.355 e. The van der Waals surface area contributed by atoms with Crippen LogP contribution in [0.3, 0.4) is 0 Å². The minimum Gasteiger partial charge on any atom is -0.355 e. The molecule has 38 heavy (non-hydrogen) atoms. The third kappa shape index (κ3) is 4.80. The summed E-state index contributed by atoms with van der Waals surface area (Å²) < 4.78 is 31.1. The zero-order chi connectivity index (χ0) is 27.0. The van der Waals surface area contributed by atoms with Gasteiger partial charge in [0.05, 0.1) is 21.7 Å². The normalized spacial score (nSPS) is 15.2. The lowest BCUT2D eigenvalue weighted by molar-refractivity contribution is 0.432. The van der Waals surface area contributed by atoms with Crippen LogP contribution in [0.25, 0.3) is 16.7 Å². The first-order chi connectivity index (χ1) is 18.2. The van der Waals surface area contributed by atoms with Crippen molar-refractivity contribution in [3.05, 3.63) is 70.7 Å². The lowest BCUT2D eigenvalue weighted by atomic mass is 10.1. The molecular formula is C29H36N6O2S. The number of benzene rings is 2. The van der Waals surface area contributed by atoms with Crippen molar-refractivity contribution in [3.63, 3.8) is 0 Å². The van der Waals surface area contributed by atoms with Gasteiger partial charge >= 0.3 is 0 Å². The van der Waals surface area contributed by atoms with Crippen molar-refractivity contribution in [2.45, 2.75) is 58.8 Å². The second-order valence-electron chi connectivity index (χ2n) is 10.2. The predicted molar refractivity (Wildman–Crippen MR) is 152 cm³/mol. The van der Waals surface area contributed by atoms with Crippen molar-refractivity contribution in [3.8, 4) is 5.69 Å². The zero-order valence-electron chi connectivity index (χ0n) is 22.9. The van der Waals surface area contributed by atoms with Gasteiger partial charge in [-0.1, -0.05) is 42.8 Å². The minimum atomic E-state index is -3.61. The maximum absolute atomic E-state index is 13.8. The number of hydrogen-bond donors (Lipinski definition) is 0. The van der Waals surface area contributed by atoms with Crippen LogP contribution in [0.4, 0.5) is 5.82 Å². The number of para-hydroxylation sites is 1. The summed E-state index contributed by atoms with van der Waals surface area (Å²) in [4.78, 5) is 12.6. The summed E-state index contributed by atoms with van der Waals surface area (Å²) in [5, 5.41) is 5.77. The average Bonchev–Trinajstić information content (AvgIpc) is 3.03. The first-order valence-electron chi connectivity index (χ1n) is 13.3. The van der Waals surface area contributed by atoms with Gasteiger partial charge in [0.1, 0.15) is 11.6 Å². The Morgan fingerprint density at radius 3 is 2.29 bits per heavy atom. The Morgan fingerprint density at radius 2 is 1.61 bits per heavy atom. The number of aromatic nitrogens is 4. The van der Waals surface area contributed by atoms with Crippen molar-refractivity contribution in [1.29, 1.82) is 0 Å². The van der Waals surface area contributed by atoms with Crippen LogP contribution in [-0.2, 0) is 16.4 Å². The summed E-state index contributed by atoms with van der Waals surface area (Å²) in [7, 11) is -3.61. The number of sulfonamides is 1. The van der Waals surface area contributed by atoms with Crippen LogP contribution in [-0.4, -0.2) is 58.7 Å². The fourth-order valence-corrected chi connectivity index (χ4v) is 7.45. The predicted octanol–water partition coefficient (Wildman–Crippen LogP) is 4.90. The molecule has 0 atom stereocenters. The van der Waals surface area contributed by atoms with Gasteiger partial charge in [0.15, 0.2) is 5.65 Å². The van der Waals surface area contributed by atoms with Crippen LogP contribution in [0.2, 0.25) is 0 Å². The number of nitrogens with zero attached hydrogens (tertiary/aromatic N) is 6. The van der Waals surface area contributed by atoms with E-state index in [0.29, 0.717) is 37.5 Å². The van der Waals surface area contributed by atoms with Crippen molar-refractivity contribution in [1.82, 2.24) is 24.1 Å². The van der Waals surface area contributed by atoms with E-state index >= 15 is 0 Å². The lowest BCUT2D eigenvalue weighted by Gasteiger charge is -2.24. The van der Waals surface area contributed by atoms with Gasteiger partial charge in [-0.05, 0) is 63.8 Å². The smallest absolute Gasteiger partial charge is 0.243 e. The lowest BCUT2D eigenvalue weighted by Crippen LogP contribution is -2.36. The topological polar surface area (TPSA) is 84.2 Å². The maximum atomic E-state index is 13.8. The third-order valence-electron chi connectivity index (χ3n) is 7.16. The number of fused-ring (bicyclic) bond motifs is 1. The molecule has 1 fully saturated rings. The first kappa shape index (κ1) is 26.3. The monoisotopic (exact) mass is 532 g/mol. The van der Waals surface area contributed by atoms with Gasteiger partial charge in [0.2, 0.25) is 10.0 Å². The zero-order valence-corrected chi connectivity index (χ0v) is 23.7. The molecule has 5 rings (SSSR count). The standard InChI is InChI=1S/C29H36N6O2S/c1-6-11-25-30-28(26-23(5)32-35(29(26)31-25)24-12-8-7-9-13-24)33-14-10-15-34(17-16-33)38(36,37)27-21(3)18-20(2)19-22(27)4/h7-9,12-13,18-19H,6,10-11,14-17H2,1-5H3. The number of aryl methyl sites for hydroxylation is 5. The molecule has 9 heteroatoms. The molecule has 3 heterocycles. The average molecular weight is 533 g/mol. The van der Waals surface area contributed by atoms with Gasteiger partial charge in [-0.15, -0.1) is 0 Å². The van der Waals surface area contributed by atoms with Crippen LogP contribution >= 0.6 is 0 Å². The molecule has 2 aromatic heterocycles. The van der Waals surface area contributed by atoms with E-state index < -0.39 is 10.0 Å². The van der Waals surface area contributed by atoms with Gasteiger partial charge in [0, 0.05) is 32.6 Å². The molecule has 0 spiro atoms. The summed E-state index contributed by atoms with van der Waals surface area (Å²) in [6.45, 7) is 12.0. The number of anilines is 1. The Morgan fingerprint density at radius 1 is 0.895 bits per heavy atom. The molecule has 1 aliphatic rings. The maximum Gasteiger partial charge on any atom is 0.243 e. The Balaban J connectivity index is 1.52. The van der Waals surface area contributed by atoms with Crippen LogP contribution in [0.15, 0.2) is 47.4 Å². The van der Waals surface area contributed by atoms with Gasteiger partial charge in [-0.25, -0.2) is 23.1 Å². The Bertz CT molecular complexity index is 1560. The third-order valence-corrected chi connectivity index (χ3v) is 9.37. The van der Waals surface area contributed by atoms with E-state index in [1.165, 1.54) is 0 Å². The molecular weight excluding hydrogens is 496 g/mol. The molecule has 4 aromatic rings. The van der Waals surface area contributed by atoms with E-state index in [1.807, 2.05) is 74.8 Å². The van der Waals surface area contributed by atoms with Crippen LogP contribution in [0.5, 0.6) is 0 Å². The molecule has 0 unspecified atom stereocenters. The quantitative estimate of drug-likeness (QED) is 0.351. The number of rotatable bonds is 6. The summed E-state index contributed by atoms with van der Waals surface area (Å²) in [6.07, 6.45) is 2.41. The molecule has 0 bridgehead atoms. The molecule has 0 N–H and O–H groups in total. The number of hydrogen-bond acceptors (Lipinski definition) is 6. The molecule has 0 amide bonds. The van der Waals surface area contributed by atoms with Gasteiger partial charge in [-0.2, -0.15) is 9.40 Å². The molecule has 1 saturated heterocycles. The molecule has 0 saturated carbocycles. The van der Waals surface area contributed by atoms with Crippen molar-refractivity contribution >= 4 is 26.9 Å². The van der Waals surface area contributed by atoms with E-state index in [0.717, 1.165) is 63.6 Å².